The number of nitrogens with zero attached hydrogens (tertiary/aromatic N) is 2. The summed E-state index contributed by atoms with van der Waals surface area (Å²) in [6.07, 6.45) is 3.76. The van der Waals surface area contributed by atoms with Gasteiger partial charge in [-0.25, -0.2) is 0 Å². The van der Waals surface area contributed by atoms with Crippen molar-refractivity contribution in [3.05, 3.63) is 64.7 Å². The second kappa shape index (κ2) is 6.59. The number of hydrogen-bond acceptors (Lipinski definition) is 3. The Hall–Kier alpha value is -3.06. The Morgan fingerprint density at radius 2 is 1.82 bits per heavy atom. The van der Waals surface area contributed by atoms with E-state index in [2.05, 4.69) is 6.07 Å². The Balaban J connectivity index is 2.21. The van der Waals surface area contributed by atoms with Crippen LogP contribution in [0.2, 0.25) is 0 Å². The van der Waals surface area contributed by atoms with Gasteiger partial charge in [-0.15, -0.1) is 0 Å². The SMILES string of the molecule is CN(C)C(=O)c1ccc(C=Cc2ccc(N)cc2C#N)cc1. The Labute approximate surface area is 130 Å². The minimum absolute atomic E-state index is 0.0270. The van der Waals surface area contributed by atoms with Crippen LogP contribution < -0.4 is 5.73 Å². The summed E-state index contributed by atoms with van der Waals surface area (Å²) in [5.41, 5.74) is 9.19. The summed E-state index contributed by atoms with van der Waals surface area (Å²) >= 11 is 0. The third kappa shape index (κ3) is 3.53. The van der Waals surface area contributed by atoms with Crippen LogP contribution in [0.1, 0.15) is 27.0 Å². The van der Waals surface area contributed by atoms with E-state index in [1.807, 2.05) is 30.4 Å². The first-order chi connectivity index (χ1) is 10.5. The summed E-state index contributed by atoms with van der Waals surface area (Å²) in [5.74, 6) is -0.0270. The minimum Gasteiger partial charge on any atom is -0.399 e. The van der Waals surface area contributed by atoms with Gasteiger partial charge in [0.05, 0.1) is 11.6 Å². The zero-order valence-corrected chi connectivity index (χ0v) is 12.6. The monoisotopic (exact) mass is 291 g/mol. The number of carbonyl (C=O) groups is 1. The molecule has 4 nitrogen and oxygen atoms in total. The minimum atomic E-state index is -0.0270. The lowest BCUT2D eigenvalue weighted by atomic mass is 10.1. The molecule has 0 aromatic heterocycles. The van der Waals surface area contributed by atoms with E-state index in [9.17, 15) is 4.79 Å². The van der Waals surface area contributed by atoms with Crippen molar-refractivity contribution in [1.82, 2.24) is 4.90 Å². The van der Waals surface area contributed by atoms with Crippen molar-refractivity contribution in [2.45, 2.75) is 0 Å². The Kier molecular flexibility index (Phi) is 4.60. The van der Waals surface area contributed by atoms with Crippen LogP contribution in [0.4, 0.5) is 5.69 Å². The smallest absolute Gasteiger partial charge is 0.253 e. The van der Waals surface area contributed by atoms with Crippen molar-refractivity contribution >= 4 is 23.7 Å². The molecule has 0 aliphatic heterocycles. The molecule has 2 aromatic carbocycles. The third-order valence-corrected chi connectivity index (χ3v) is 3.22. The molecular weight excluding hydrogens is 274 g/mol. The average Bonchev–Trinajstić information content (AvgIpc) is 2.53. The van der Waals surface area contributed by atoms with E-state index in [0.717, 1.165) is 11.1 Å². The molecule has 0 bridgehead atoms. The highest BCUT2D eigenvalue weighted by Gasteiger charge is 2.06. The van der Waals surface area contributed by atoms with Gasteiger partial charge < -0.3 is 10.6 Å². The molecule has 22 heavy (non-hydrogen) atoms. The molecular formula is C18H17N3O. The molecule has 0 atom stereocenters. The van der Waals surface area contributed by atoms with Gasteiger partial charge in [0, 0.05) is 25.3 Å². The molecule has 2 rings (SSSR count). The molecule has 2 N–H and O–H groups in total. The lowest BCUT2D eigenvalue weighted by molar-refractivity contribution is 0.0827. The molecule has 0 saturated heterocycles. The molecule has 0 fully saturated rings. The molecule has 0 unspecified atom stereocenters. The van der Waals surface area contributed by atoms with Crippen molar-refractivity contribution in [2.75, 3.05) is 19.8 Å². The maximum atomic E-state index is 11.8. The molecule has 110 valence electrons. The molecule has 0 spiro atoms. The maximum absolute atomic E-state index is 11.8. The molecule has 0 heterocycles. The van der Waals surface area contributed by atoms with Gasteiger partial charge in [-0.3, -0.25) is 4.79 Å². The number of hydrogen-bond donors (Lipinski definition) is 1. The van der Waals surface area contributed by atoms with Crippen LogP contribution in [0, 0.1) is 11.3 Å². The number of nitriles is 1. The number of anilines is 1. The molecule has 0 radical (unpaired) electrons. The van der Waals surface area contributed by atoms with E-state index in [-0.39, 0.29) is 5.91 Å². The van der Waals surface area contributed by atoms with E-state index in [0.29, 0.717) is 16.8 Å². The second-order valence-electron chi connectivity index (χ2n) is 5.11. The van der Waals surface area contributed by atoms with Gasteiger partial charge in [0.1, 0.15) is 0 Å². The standard InChI is InChI=1S/C18H17N3O/c1-21(2)18(22)15-7-4-13(5-8-15)3-6-14-9-10-17(20)11-16(14)12-19/h3-11H,20H2,1-2H3. The maximum Gasteiger partial charge on any atom is 0.253 e. The van der Waals surface area contributed by atoms with Gasteiger partial charge in [0.2, 0.25) is 0 Å². The van der Waals surface area contributed by atoms with Crippen molar-refractivity contribution in [1.29, 1.82) is 5.26 Å². The average molecular weight is 291 g/mol. The quantitative estimate of drug-likeness (QED) is 0.698. The number of nitrogens with two attached hydrogens (primary N) is 1. The summed E-state index contributed by atoms with van der Waals surface area (Å²) in [4.78, 5) is 13.4. The van der Waals surface area contributed by atoms with Crippen molar-refractivity contribution < 1.29 is 4.79 Å². The van der Waals surface area contributed by atoms with Crippen LogP contribution in [0.5, 0.6) is 0 Å². The largest absolute Gasteiger partial charge is 0.399 e. The van der Waals surface area contributed by atoms with E-state index in [1.54, 1.807) is 43.3 Å². The first-order valence-electron chi connectivity index (χ1n) is 6.80. The predicted octanol–water partition coefficient (Wildman–Crippen LogP) is 3.01. The van der Waals surface area contributed by atoms with E-state index < -0.39 is 0 Å². The van der Waals surface area contributed by atoms with Gasteiger partial charge in [-0.2, -0.15) is 5.26 Å². The normalized spacial score (nSPS) is 10.4. The van der Waals surface area contributed by atoms with Crippen LogP contribution >= 0.6 is 0 Å². The summed E-state index contributed by atoms with van der Waals surface area (Å²) in [7, 11) is 3.45. The fraction of sp³-hybridized carbons (Fsp3) is 0.111. The summed E-state index contributed by atoms with van der Waals surface area (Å²) in [6.45, 7) is 0. The lowest BCUT2D eigenvalue weighted by Crippen LogP contribution is -2.21. The van der Waals surface area contributed by atoms with Crippen LogP contribution in [0.25, 0.3) is 12.2 Å². The van der Waals surface area contributed by atoms with Gasteiger partial charge >= 0.3 is 0 Å². The predicted molar refractivity (Wildman–Crippen MR) is 89.0 cm³/mol. The van der Waals surface area contributed by atoms with E-state index >= 15 is 0 Å². The van der Waals surface area contributed by atoms with Gasteiger partial charge in [0.25, 0.3) is 5.91 Å². The summed E-state index contributed by atoms with van der Waals surface area (Å²) < 4.78 is 0. The molecule has 0 aliphatic carbocycles. The van der Waals surface area contributed by atoms with Crippen LogP contribution in [-0.2, 0) is 0 Å². The Morgan fingerprint density at radius 3 is 2.41 bits per heavy atom. The van der Waals surface area contributed by atoms with Crippen LogP contribution in [-0.4, -0.2) is 24.9 Å². The Bertz CT molecular complexity index is 753. The highest BCUT2D eigenvalue weighted by molar-refractivity contribution is 5.94. The van der Waals surface area contributed by atoms with Gasteiger partial charge in [-0.05, 0) is 35.4 Å². The van der Waals surface area contributed by atoms with Crippen LogP contribution in [0.15, 0.2) is 42.5 Å². The van der Waals surface area contributed by atoms with Crippen molar-refractivity contribution in [3.8, 4) is 6.07 Å². The zero-order chi connectivity index (χ0) is 16.1. The molecule has 0 saturated carbocycles. The summed E-state index contributed by atoms with van der Waals surface area (Å²) in [6, 6.07) is 14.7. The lowest BCUT2D eigenvalue weighted by Gasteiger charge is -2.09. The number of nitrogen functional groups attached to an aromatic ring is 1. The fourth-order valence-electron chi connectivity index (χ4n) is 2.00. The topological polar surface area (TPSA) is 70.1 Å². The van der Waals surface area contributed by atoms with Gasteiger partial charge in [-0.1, -0.05) is 30.4 Å². The van der Waals surface area contributed by atoms with E-state index in [1.165, 1.54) is 0 Å². The fourth-order valence-corrected chi connectivity index (χ4v) is 2.00. The van der Waals surface area contributed by atoms with Crippen LogP contribution in [0.3, 0.4) is 0 Å². The van der Waals surface area contributed by atoms with Crippen molar-refractivity contribution in [2.24, 2.45) is 0 Å². The first-order valence-corrected chi connectivity index (χ1v) is 6.80. The first kappa shape index (κ1) is 15.3. The Morgan fingerprint density at radius 1 is 1.14 bits per heavy atom. The highest BCUT2D eigenvalue weighted by Crippen LogP contribution is 2.16. The number of benzene rings is 2. The second-order valence-corrected chi connectivity index (χ2v) is 5.11. The van der Waals surface area contributed by atoms with E-state index in [4.69, 9.17) is 11.0 Å². The van der Waals surface area contributed by atoms with Gasteiger partial charge in [0.15, 0.2) is 0 Å². The van der Waals surface area contributed by atoms with Crippen molar-refractivity contribution in [3.63, 3.8) is 0 Å². The zero-order valence-electron chi connectivity index (χ0n) is 12.6. The third-order valence-electron chi connectivity index (χ3n) is 3.22. The number of rotatable bonds is 3. The molecule has 2 aromatic rings. The molecule has 1 amide bonds. The highest BCUT2D eigenvalue weighted by atomic mass is 16.2. The number of amides is 1. The number of carbonyl (C=O) groups excluding carboxylic acids is 1. The molecule has 4 heteroatoms. The summed E-state index contributed by atoms with van der Waals surface area (Å²) in [5, 5.41) is 9.11. The molecule has 0 aliphatic rings.